The van der Waals surface area contributed by atoms with E-state index >= 15 is 0 Å². The molecule has 1 aromatic heterocycles. The van der Waals surface area contributed by atoms with E-state index in [1.54, 1.807) is 58.8 Å². The third-order valence-corrected chi connectivity index (χ3v) is 4.39. The highest BCUT2D eigenvalue weighted by Gasteiger charge is 2.35. The van der Waals surface area contributed by atoms with E-state index in [2.05, 4.69) is 4.99 Å². The highest BCUT2D eigenvalue weighted by molar-refractivity contribution is 6.47. The summed E-state index contributed by atoms with van der Waals surface area (Å²) in [4.78, 5) is 16.8. The number of carbonyl (C=O) groups excluding carboxylic acids is 1. The lowest BCUT2D eigenvalue weighted by Crippen LogP contribution is -2.49. The fourth-order valence-electron chi connectivity index (χ4n) is 2.00. The molecule has 5 nitrogen and oxygen atoms in total. The second kappa shape index (κ2) is 7.37. The van der Waals surface area contributed by atoms with Crippen LogP contribution < -0.4 is 11.0 Å². The van der Waals surface area contributed by atoms with Crippen LogP contribution in [0.1, 0.15) is 38.1 Å². The molecule has 1 N–H and O–H groups in total. The zero-order valence-electron chi connectivity index (χ0n) is 15.4. The number of aromatic nitrogens is 1. The Hall–Kier alpha value is -2.18. The van der Waals surface area contributed by atoms with Gasteiger partial charge in [0.25, 0.3) is 5.91 Å². The van der Waals surface area contributed by atoms with Crippen LogP contribution in [0.4, 0.5) is 0 Å². The SMILES string of the molecule is CN=c1cc([B]OC(C)(C)C(C)(C)O)ccn1C(=O)c1ccccc1. The molecular weight excluding hydrogens is 315 g/mol. The average Bonchev–Trinajstić information content (AvgIpc) is 2.59. The molecule has 0 unspecified atom stereocenters. The summed E-state index contributed by atoms with van der Waals surface area (Å²) in [6, 6.07) is 12.6. The minimum atomic E-state index is -1.00. The fourth-order valence-corrected chi connectivity index (χ4v) is 2.00. The van der Waals surface area contributed by atoms with Crippen LogP contribution in [0.15, 0.2) is 53.7 Å². The highest BCUT2D eigenvalue weighted by Crippen LogP contribution is 2.24. The lowest BCUT2D eigenvalue weighted by molar-refractivity contribution is -0.0893. The molecule has 0 fully saturated rings. The van der Waals surface area contributed by atoms with E-state index in [9.17, 15) is 9.90 Å². The van der Waals surface area contributed by atoms with Crippen LogP contribution in [0.3, 0.4) is 0 Å². The van der Waals surface area contributed by atoms with Gasteiger partial charge in [-0.05, 0) is 57.4 Å². The van der Waals surface area contributed by atoms with Gasteiger partial charge in [0.05, 0.1) is 11.2 Å². The lowest BCUT2D eigenvalue weighted by Gasteiger charge is -2.37. The second-order valence-electron chi connectivity index (χ2n) is 6.89. The molecule has 2 rings (SSSR count). The molecular formula is C19H24BN2O3. The van der Waals surface area contributed by atoms with Crippen molar-refractivity contribution in [2.24, 2.45) is 4.99 Å². The van der Waals surface area contributed by atoms with Crippen molar-refractivity contribution >= 4 is 18.9 Å². The normalized spacial score (nSPS) is 13.0. The Morgan fingerprint density at radius 3 is 2.36 bits per heavy atom. The molecule has 0 aliphatic rings. The summed E-state index contributed by atoms with van der Waals surface area (Å²) in [5.41, 5.74) is 0.109. The molecule has 0 spiro atoms. The van der Waals surface area contributed by atoms with Crippen molar-refractivity contribution in [3.05, 3.63) is 59.7 Å². The molecule has 0 saturated carbocycles. The molecule has 1 heterocycles. The van der Waals surface area contributed by atoms with Crippen molar-refractivity contribution in [1.29, 1.82) is 0 Å². The van der Waals surface area contributed by atoms with Gasteiger partial charge in [-0.25, -0.2) is 0 Å². The molecule has 0 bridgehead atoms. The second-order valence-corrected chi connectivity index (χ2v) is 6.89. The molecule has 131 valence electrons. The van der Waals surface area contributed by atoms with Crippen LogP contribution in [0.5, 0.6) is 0 Å². The summed E-state index contributed by atoms with van der Waals surface area (Å²) < 4.78 is 7.25. The van der Waals surface area contributed by atoms with Crippen LogP contribution in [-0.2, 0) is 4.65 Å². The van der Waals surface area contributed by atoms with Crippen LogP contribution >= 0.6 is 0 Å². The van der Waals surface area contributed by atoms with Crippen molar-refractivity contribution in [3.63, 3.8) is 0 Å². The standard InChI is InChI=1S/C19H24BN2O3/c1-18(2,24)19(3,4)25-20-15-11-12-22(16(13-15)21-5)17(23)14-9-7-6-8-10-14/h6-13,24H,1-5H3. The first kappa shape index (κ1) is 19.2. The summed E-state index contributed by atoms with van der Waals surface area (Å²) in [6.45, 7) is 7.03. The number of hydrogen-bond acceptors (Lipinski definition) is 4. The summed E-state index contributed by atoms with van der Waals surface area (Å²) in [7, 11) is 3.21. The number of pyridine rings is 1. The average molecular weight is 339 g/mol. The number of aliphatic hydroxyl groups is 1. The first-order valence-corrected chi connectivity index (χ1v) is 8.14. The van der Waals surface area contributed by atoms with Gasteiger partial charge in [-0.1, -0.05) is 18.2 Å². The predicted molar refractivity (Wildman–Crippen MR) is 98.9 cm³/mol. The summed E-state index contributed by atoms with van der Waals surface area (Å²) in [5.74, 6) is -0.148. The quantitative estimate of drug-likeness (QED) is 0.840. The van der Waals surface area contributed by atoms with Crippen LogP contribution in [0.2, 0.25) is 0 Å². The Morgan fingerprint density at radius 1 is 1.16 bits per heavy atom. The molecule has 0 amide bonds. The first-order valence-electron chi connectivity index (χ1n) is 8.14. The maximum absolute atomic E-state index is 12.6. The molecule has 0 saturated heterocycles. The van der Waals surface area contributed by atoms with Gasteiger partial charge >= 0.3 is 7.48 Å². The molecule has 0 aliphatic carbocycles. The van der Waals surface area contributed by atoms with Crippen LogP contribution in [0, 0.1) is 0 Å². The summed E-state index contributed by atoms with van der Waals surface area (Å²) in [6.07, 6.45) is 1.67. The van der Waals surface area contributed by atoms with E-state index in [1.807, 2.05) is 32.0 Å². The van der Waals surface area contributed by atoms with Crippen molar-refractivity contribution in [2.45, 2.75) is 38.9 Å². The van der Waals surface area contributed by atoms with Gasteiger partial charge in [-0.15, -0.1) is 0 Å². The fraction of sp³-hybridized carbons (Fsp3) is 0.368. The number of rotatable bonds is 5. The molecule has 25 heavy (non-hydrogen) atoms. The summed E-state index contributed by atoms with van der Waals surface area (Å²) in [5, 5.41) is 10.2. The van der Waals surface area contributed by atoms with E-state index in [4.69, 9.17) is 4.65 Å². The Bertz CT molecular complexity index is 805. The third-order valence-electron chi connectivity index (χ3n) is 4.39. The van der Waals surface area contributed by atoms with E-state index in [0.29, 0.717) is 11.1 Å². The Balaban J connectivity index is 2.25. The maximum Gasteiger partial charge on any atom is 0.331 e. The Kier molecular flexibility index (Phi) is 5.65. The number of nitrogens with zero attached hydrogens (tertiary/aromatic N) is 2. The smallest absolute Gasteiger partial charge is 0.331 e. The lowest BCUT2D eigenvalue weighted by atomic mass is 9.83. The molecule has 1 aromatic carbocycles. The molecule has 0 atom stereocenters. The third kappa shape index (κ3) is 4.47. The number of hydrogen-bond donors (Lipinski definition) is 1. The Morgan fingerprint density at radius 2 is 1.80 bits per heavy atom. The van der Waals surface area contributed by atoms with Gasteiger partial charge in [-0.2, -0.15) is 0 Å². The molecule has 6 heteroatoms. The van der Waals surface area contributed by atoms with Gasteiger partial charge in [0.1, 0.15) is 5.49 Å². The van der Waals surface area contributed by atoms with Gasteiger partial charge in [-0.3, -0.25) is 14.4 Å². The van der Waals surface area contributed by atoms with Crippen molar-refractivity contribution in [2.75, 3.05) is 7.05 Å². The van der Waals surface area contributed by atoms with Gasteiger partial charge < -0.3 is 9.76 Å². The highest BCUT2D eigenvalue weighted by atomic mass is 16.5. The Labute approximate surface area is 149 Å². The zero-order chi connectivity index (χ0) is 18.7. The maximum atomic E-state index is 12.6. The van der Waals surface area contributed by atoms with E-state index in [0.717, 1.165) is 5.46 Å². The van der Waals surface area contributed by atoms with Crippen molar-refractivity contribution in [3.8, 4) is 0 Å². The zero-order valence-corrected chi connectivity index (χ0v) is 15.4. The van der Waals surface area contributed by atoms with E-state index in [1.165, 1.54) is 4.57 Å². The molecule has 0 aliphatic heterocycles. The van der Waals surface area contributed by atoms with Crippen molar-refractivity contribution < 1.29 is 14.6 Å². The minimum Gasteiger partial charge on any atom is -0.427 e. The van der Waals surface area contributed by atoms with Gasteiger partial charge in [0.15, 0.2) is 0 Å². The largest absolute Gasteiger partial charge is 0.427 e. The van der Waals surface area contributed by atoms with E-state index < -0.39 is 11.2 Å². The van der Waals surface area contributed by atoms with Gasteiger partial charge in [0.2, 0.25) is 0 Å². The molecule has 2 aromatic rings. The van der Waals surface area contributed by atoms with E-state index in [-0.39, 0.29) is 5.91 Å². The van der Waals surface area contributed by atoms with Gasteiger partial charge in [0, 0.05) is 18.8 Å². The summed E-state index contributed by atoms with van der Waals surface area (Å²) >= 11 is 0. The monoisotopic (exact) mass is 339 g/mol. The number of carbonyl (C=O) groups is 1. The van der Waals surface area contributed by atoms with Crippen molar-refractivity contribution in [1.82, 2.24) is 4.57 Å². The van der Waals surface area contributed by atoms with Crippen LogP contribution in [0.25, 0.3) is 0 Å². The topological polar surface area (TPSA) is 63.8 Å². The van der Waals surface area contributed by atoms with Crippen LogP contribution in [-0.4, -0.2) is 41.3 Å². The first-order chi connectivity index (χ1) is 11.7. The number of benzene rings is 1. The minimum absolute atomic E-state index is 0.148. The molecule has 1 radical (unpaired) electrons. The predicted octanol–water partition coefficient (Wildman–Crippen LogP) is 1.52.